The van der Waals surface area contributed by atoms with Crippen molar-refractivity contribution in [3.8, 4) is 0 Å². The van der Waals surface area contributed by atoms with Crippen LogP contribution in [0.4, 0.5) is 13.2 Å². The summed E-state index contributed by atoms with van der Waals surface area (Å²) in [6.07, 6.45) is -4.45. The van der Waals surface area contributed by atoms with Gasteiger partial charge in [0.05, 0.1) is 11.4 Å². The van der Waals surface area contributed by atoms with Crippen LogP contribution in [-0.4, -0.2) is 31.1 Å². The molecule has 0 saturated carbocycles. The van der Waals surface area contributed by atoms with Crippen LogP contribution in [0.5, 0.6) is 0 Å². The molecule has 1 heterocycles. The first kappa shape index (κ1) is 14.5. The summed E-state index contributed by atoms with van der Waals surface area (Å²) in [6, 6.07) is 1.74. The van der Waals surface area contributed by atoms with Crippen molar-refractivity contribution in [3.63, 3.8) is 0 Å². The predicted molar refractivity (Wildman–Crippen MR) is 60.5 cm³/mol. The molecule has 0 fully saturated rings. The molecular formula is C10H11F3N2O2S. The normalized spacial score (nSPS) is 11.1. The minimum absolute atomic E-state index is 0.443. The van der Waals surface area contributed by atoms with Gasteiger partial charge in [-0.1, -0.05) is 0 Å². The molecule has 1 rings (SSSR count). The Labute approximate surface area is 105 Å². The highest BCUT2D eigenvalue weighted by Crippen LogP contribution is 2.14. The van der Waals surface area contributed by atoms with Crippen LogP contribution < -0.4 is 10.6 Å². The summed E-state index contributed by atoms with van der Waals surface area (Å²) in [4.78, 5) is 23.0. The summed E-state index contributed by atoms with van der Waals surface area (Å²) < 4.78 is 35.4. The highest BCUT2D eigenvalue weighted by atomic mass is 32.1. The van der Waals surface area contributed by atoms with Crippen molar-refractivity contribution >= 4 is 23.2 Å². The van der Waals surface area contributed by atoms with E-state index in [2.05, 4.69) is 5.32 Å². The molecule has 8 heteroatoms. The van der Waals surface area contributed by atoms with Crippen molar-refractivity contribution in [2.75, 3.05) is 13.1 Å². The zero-order valence-corrected chi connectivity index (χ0v) is 10.2. The lowest BCUT2D eigenvalue weighted by Crippen LogP contribution is -2.40. The molecule has 100 valence electrons. The van der Waals surface area contributed by atoms with Crippen molar-refractivity contribution in [2.45, 2.75) is 13.1 Å². The fourth-order valence-electron chi connectivity index (χ4n) is 1.11. The van der Waals surface area contributed by atoms with Crippen LogP contribution in [0, 0.1) is 6.92 Å². The van der Waals surface area contributed by atoms with Crippen molar-refractivity contribution in [2.24, 2.45) is 0 Å². The second kappa shape index (κ2) is 5.85. The van der Waals surface area contributed by atoms with E-state index in [-0.39, 0.29) is 0 Å². The van der Waals surface area contributed by atoms with E-state index in [1.165, 1.54) is 11.3 Å². The van der Waals surface area contributed by atoms with Gasteiger partial charge >= 0.3 is 6.18 Å². The predicted octanol–water partition coefficient (Wildman–Crippen LogP) is 1.46. The van der Waals surface area contributed by atoms with E-state index in [1.807, 2.05) is 0 Å². The first-order valence-electron chi connectivity index (χ1n) is 4.95. The van der Waals surface area contributed by atoms with E-state index in [9.17, 15) is 22.8 Å². The van der Waals surface area contributed by atoms with Crippen molar-refractivity contribution < 1.29 is 22.8 Å². The average molecular weight is 280 g/mol. The number of amides is 2. The Kier molecular flexibility index (Phi) is 4.71. The van der Waals surface area contributed by atoms with E-state index >= 15 is 0 Å². The van der Waals surface area contributed by atoms with Gasteiger partial charge in [0.1, 0.15) is 6.54 Å². The summed E-state index contributed by atoms with van der Waals surface area (Å²) in [5.41, 5.74) is 0.758. The highest BCUT2D eigenvalue weighted by molar-refractivity contribution is 7.12. The highest BCUT2D eigenvalue weighted by Gasteiger charge is 2.27. The molecular weight excluding hydrogens is 269 g/mol. The monoisotopic (exact) mass is 280 g/mol. The molecule has 0 aromatic carbocycles. The maximum absolute atomic E-state index is 11.8. The lowest BCUT2D eigenvalue weighted by Gasteiger charge is -2.08. The molecule has 0 atom stereocenters. The molecule has 4 nitrogen and oxygen atoms in total. The fraction of sp³-hybridized carbons (Fsp3) is 0.400. The zero-order valence-electron chi connectivity index (χ0n) is 9.43. The molecule has 1 aromatic heterocycles. The van der Waals surface area contributed by atoms with Gasteiger partial charge < -0.3 is 10.6 Å². The van der Waals surface area contributed by atoms with E-state index in [4.69, 9.17) is 0 Å². The van der Waals surface area contributed by atoms with Gasteiger partial charge in [-0.2, -0.15) is 13.2 Å². The van der Waals surface area contributed by atoms with Crippen LogP contribution >= 0.6 is 11.3 Å². The van der Waals surface area contributed by atoms with Gasteiger partial charge in [-0.25, -0.2) is 0 Å². The summed E-state index contributed by atoms with van der Waals surface area (Å²) in [5.74, 6) is -1.35. The van der Waals surface area contributed by atoms with Crippen LogP contribution in [-0.2, 0) is 4.79 Å². The van der Waals surface area contributed by atoms with Gasteiger partial charge in [-0.3, -0.25) is 9.59 Å². The number of hydrogen-bond donors (Lipinski definition) is 2. The second-order valence-electron chi connectivity index (χ2n) is 3.51. The Morgan fingerprint density at radius 3 is 2.50 bits per heavy atom. The number of aryl methyl sites for hydroxylation is 1. The lowest BCUT2D eigenvalue weighted by molar-refractivity contribution is -0.137. The average Bonchev–Trinajstić information content (AvgIpc) is 2.68. The SMILES string of the molecule is Cc1ccsc1C(=O)NCC(=O)NCC(F)(F)F. The molecule has 0 saturated heterocycles. The fourth-order valence-corrected chi connectivity index (χ4v) is 1.95. The molecule has 0 aliphatic carbocycles. The Bertz CT molecular complexity index is 443. The Hall–Kier alpha value is -1.57. The summed E-state index contributed by atoms with van der Waals surface area (Å²) in [6.45, 7) is -0.152. The maximum Gasteiger partial charge on any atom is 0.405 e. The first-order chi connectivity index (χ1) is 8.29. The zero-order chi connectivity index (χ0) is 13.8. The van der Waals surface area contributed by atoms with Crippen molar-refractivity contribution in [3.05, 3.63) is 21.9 Å². The summed E-state index contributed by atoms with van der Waals surface area (Å²) >= 11 is 1.20. The second-order valence-corrected chi connectivity index (χ2v) is 4.42. The number of nitrogens with one attached hydrogen (secondary N) is 2. The summed E-state index contributed by atoms with van der Waals surface area (Å²) in [7, 11) is 0. The van der Waals surface area contributed by atoms with Crippen LogP contribution in [0.25, 0.3) is 0 Å². The number of carbonyl (C=O) groups is 2. The molecule has 1 aromatic rings. The minimum atomic E-state index is -4.45. The van der Waals surface area contributed by atoms with Gasteiger partial charge in [-0.05, 0) is 23.9 Å². The van der Waals surface area contributed by atoms with Crippen LogP contribution in [0.1, 0.15) is 15.2 Å². The van der Waals surface area contributed by atoms with Gasteiger partial charge in [0.2, 0.25) is 5.91 Å². The van der Waals surface area contributed by atoms with E-state index in [0.717, 1.165) is 5.56 Å². The summed E-state index contributed by atoms with van der Waals surface area (Å²) in [5, 5.41) is 5.63. The molecule has 0 aliphatic rings. The van der Waals surface area contributed by atoms with E-state index in [0.29, 0.717) is 4.88 Å². The molecule has 2 N–H and O–H groups in total. The number of thiophene rings is 1. The third-order valence-corrected chi connectivity index (χ3v) is 2.98. The Morgan fingerprint density at radius 2 is 2.00 bits per heavy atom. The lowest BCUT2D eigenvalue weighted by atomic mass is 10.3. The number of rotatable bonds is 4. The first-order valence-corrected chi connectivity index (χ1v) is 5.83. The smallest absolute Gasteiger partial charge is 0.345 e. The molecule has 18 heavy (non-hydrogen) atoms. The van der Waals surface area contributed by atoms with Crippen molar-refractivity contribution in [1.82, 2.24) is 10.6 Å². The number of halogens is 3. The standard InChI is InChI=1S/C10H11F3N2O2S/c1-6-2-3-18-8(6)9(17)14-4-7(16)15-5-10(11,12)13/h2-3H,4-5H2,1H3,(H,14,17)(H,15,16). The van der Waals surface area contributed by atoms with Crippen LogP contribution in [0.3, 0.4) is 0 Å². The van der Waals surface area contributed by atoms with Crippen LogP contribution in [0.15, 0.2) is 11.4 Å². The van der Waals surface area contributed by atoms with Crippen LogP contribution in [0.2, 0.25) is 0 Å². The maximum atomic E-state index is 11.8. The molecule has 0 unspecified atom stereocenters. The number of carbonyl (C=O) groups excluding carboxylic acids is 2. The number of alkyl halides is 3. The third-order valence-electron chi connectivity index (χ3n) is 1.96. The van der Waals surface area contributed by atoms with Crippen molar-refractivity contribution in [1.29, 1.82) is 0 Å². The largest absolute Gasteiger partial charge is 0.405 e. The van der Waals surface area contributed by atoms with Gasteiger partial charge in [0.15, 0.2) is 0 Å². The molecule has 0 radical (unpaired) electrons. The van der Waals surface area contributed by atoms with Gasteiger partial charge in [0, 0.05) is 0 Å². The molecule has 0 spiro atoms. The Morgan fingerprint density at radius 1 is 1.33 bits per heavy atom. The number of hydrogen-bond acceptors (Lipinski definition) is 3. The van der Waals surface area contributed by atoms with E-state index < -0.39 is 31.1 Å². The molecule has 2 amide bonds. The van der Waals surface area contributed by atoms with Gasteiger partial charge in [-0.15, -0.1) is 11.3 Å². The Balaban J connectivity index is 2.35. The van der Waals surface area contributed by atoms with Gasteiger partial charge in [0.25, 0.3) is 5.91 Å². The third kappa shape index (κ3) is 4.74. The van der Waals surface area contributed by atoms with E-state index in [1.54, 1.807) is 23.7 Å². The molecule has 0 bridgehead atoms. The quantitative estimate of drug-likeness (QED) is 0.877. The molecule has 0 aliphatic heterocycles. The topological polar surface area (TPSA) is 58.2 Å². The minimum Gasteiger partial charge on any atom is -0.345 e.